The van der Waals surface area contributed by atoms with Crippen molar-refractivity contribution in [1.29, 1.82) is 0 Å². The van der Waals surface area contributed by atoms with Crippen molar-refractivity contribution in [2.24, 2.45) is 5.92 Å². The molecule has 0 saturated carbocycles. The van der Waals surface area contributed by atoms with Crippen LogP contribution < -0.4 is 0 Å². The molecule has 1 fully saturated rings. The first kappa shape index (κ1) is 15.9. The molecule has 1 aromatic carbocycles. The van der Waals surface area contributed by atoms with E-state index in [2.05, 4.69) is 9.88 Å². The number of carbonyl (C=O) groups is 1. The number of hydrogen-bond donors (Lipinski definition) is 1. The van der Waals surface area contributed by atoms with Gasteiger partial charge in [0, 0.05) is 48.8 Å². The number of likely N-dealkylation sites (N-methyl/N-ethyl adjacent to an activating group) is 1. The predicted molar refractivity (Wildman–Crippen MR) is 90.3 cm³/mol. The van der Waals surface area contributed by atoms with E-state index >= 15 is 0 Å². The molecule has 0 unspecified atom stereocenters. The van der Waals surface area contributed by atoms with E-state index < -0.39 is 0 Å². The molecule has 1 aromatic heterocycles. The summed E-state index contributed by atoms with van der Waals surface area (Å²) < 4.78 is 0. The molecular formula is C18H23N3O2. The van der Waals surface area contributed by atoms with Crippen LogP contribution in [0.1, 0.15) is 16.8 Å². The van der Waals surface area contributed by atoms with Gasteiger partial charge in [-0.25, -0.2) is 0 Å². The second-order valence-corrected chi connectivity index (χ2v) is 6.42. The zero-order valence-corrected chi connectivity index (χ0v) is 13.6. The molecule has 0 radical (unpaired) electrons. The number of aliphatic hydroxyl groups is 1. The van der Waals surface area contributed by atoms with Crippen molar-refractivity contribution in [3.8, 4) is 0 Å². The minimum atomic E-state index is 0.0546. The Morgan fingerprint density at radius 3 is 2.96 bits per heavy atom. The molecule has 2 atom stereocenters. The lowest BCUT2D eigenvalue weighted by Gasteiger charge is -2.41. The van der Waals surface area contributed by atoms with E-state index in [0.717, 1.165) is 17.3 Å². The van der Waals surface area contributed by atoms with Crippen molar-refractivity contribution in [3.05, 3.63) is 42.1 Å². The highest BCUT2D eigenvalue weighted by Crippen LogP contribution is 2.23. The van der Waals surface area contributed by atoms with Crippen molar-refractivity contribution < 1.29 is 9.90 Å². The van der Waals surface area contributed by atoms with Gasteiger partial charge in [-0.2, -0.15) is 0 Å². The van der Waals surface area contributed by atoms with Crippen LogP contribution in [0.3, 0.4) is 0 Å². The number of carbonyl (C=O) groups excluding carboxylic acids is 1. The molecule has 1 aliphatic rings. The highest BCUT2D eigenvalue weighted by atomic mass is 16.3. The molecule has 1 amide bonds. The van der Waals surface area contributed by atoms with Crippen molar-refractivity contribution >= 4 is 16.8 Å². The highest BCUT2D eigenvalue weighted by Gasteiger charge is 2.32. The van der Waals surface area contributed by atoms with E-state index in [-0.39, 0.29) is 24.5 Å². The van der Waals surface area contributed by atoms with Gasteiger partial charge in [0.2, 0.25) is 0 Å². The number of amides is 1. The highest BCUT2D eigenvalue weighted by molar-refractivity contribution is 5.98. The lowest BCUT2D eigenvalue weighted by atomic mass is 9.91. The Morgan fingerprint density at radius 1 is 1.39 bits per heavy atom. The summed E-state index contributed by atoms with van der Waals surface area (Å²) in [4.78, 5) is 21.1. The second-order valence-electron chi connectivity index (χ2n) is 6.42. The van der Waals surface area contributed by atoms with Crippen LogP contribution in [0.4, 0.5) is 0 Å². The lowest BCUT2D eigenvalue weighted by Crippen LogP contribution is -2.53. The molecule has 122 valence electrons. The van der Waals surface area contributed by atoms with Gasteiger partial charge in [-0.3, -0.25) is 9.78 Å². The fraction of sp³-hybridized carbons (Fsp3) is 0.444. The molecule has 1 saturated heterocycles. The van der Waals surface area contributed by atoms with E-state index in [9.17, 15) is 9.90 Å². The van der Waals surface area contributed by atoms with Gasteiger partial charge in [-0.15, -0.1) is 0 Å². The molecule has 1 N–H and O–H groups in total. The van der Waals surface area contributed by atoms with E-state index in [0.29, 0.717) is 18.7 Å². The zero-order chi connectivity index (χ0) is 16.4. The molecule has 5 heteroatoms. The first-order chi connectivity index (χ1) is 11.1. The average molecular weight is 313 g/mol. The molecule has 0 spiro atoms. The summed E-state index contributed by atoms with van der Waals surface area (Å²) in [6.45, 7) is 1.52. The van der Waals surface area contributed by atoms with Gasteiger partial charge in [0.1, 0.15) is 0 Å². The smallest absolute Gasteiger partial charge is 0.253 e. The molecule has 0 aliphatic carbocycles. The Kier molecular flexibility index (Phi) is 4.59. The SMILES string of the molecule is CN(C)[C@H]1CN(C(=O)c2ccc3ncccc3c2)CC[C@H]1CO. The zero-order valence-electron chi connectivity index (χ0n) is 13.6. The Labute approximate surface area is 136 Å². The Hall–Kier alpha value is -1.98. The summed E-state index contributed by atoms with van der Waals surface area (Å²) in [5.74, 6) is 0.286. The van der Waals surface area contributed by atoms with Gasteiger partial charge >= 0.3 is 0 Å². The first-order valence-corrected chi connectivity index (χ1v) is 8.01. The van der Waals surface area contributed by atoms with Crippen LogP contribution in [0, 0.1) is 5.92 Å². The fourth-order valence-electron chi connectivity index (χ4n) is 3.35. The Morgan fingerprint density at radius 2 is 2.22 bits per heavy atom. The summed E-state index contributed by atoms with van der Waals surface area (Å²) in [5, 5.41) is 10.5. The third-order valence-electron chi connectivity index (χ3n) is 4.76. The van der Waals surface area contributed by atoms with E-state index in [1.165, 1.54) is 0 Å². The number of rotatable bonds is 3. The summed E-state index contributed by atoms with van der Waals surface area (Å²) in [5.41, 5.74) is 1.60. The van der Waals surface area contributed by atoms with Crippen molar-refractivity contribution in [1.82, 2.24) is 14.8 Å². The number of nitrogens with zero attached hydrogens (tertiary/aromatic N) is 3. The maximum absolute atomic E-state index is 12.8. The number of aliphatic hydroxyl groups excluding tert-OH is 1. The largest absolute Gasteiger partial charge is 0.396 e. The molecule has 2 heterocycles. The van der Waals surface area contributed by atoms with Gasteiger partial charge in [-0.1, -0.05) is 6.07 Å². The third kappa shape index (κ3) is 3.21. The molecule has 1 aliphatic heterocycles. The number of aromatic nitrogens is 1. The van der Waals surface area contributed by atoms with Crippen molar-refractivity contribution in [2.75, 3.05) is 33.8 Å². The number of pyridine rings is 1. The quantitative estimate of drug-likeness (QED) is 0.935. The number of likely N-dealkylation sites (tertiary alicyclic amines) is 1. The van der Waals surface area contributed by atoms with Crippen LogP contribution >= 0.6 is 0 Å². The molecule has 5 nitrogen and oxygen atoms in total. The van der Waals surface area contributed by atoms with E-state index in [1.807, 2.05) is 49.3 Å². The van der Waals surface area contributed by atoms with Crippen molar-refractivity contribution in [2.45, 2.75) is 12.5 Å². The molecule has 3 rings (SSSR count). The maximum atomic E-state index is 12.8. The minimum absolute atomic E-state index is 0.0546. The molecule has 0 bridgehead atoms. The molecular weight excluding hydrogens is 290 g/mol. The second kappa shape index (κ2) is 6.64. The number of fused-ring (bicyclic) bond motifs is 1. The van der Waals surface area contributed by atoms with Gasteiger partial charge in [0.25, 0.3) is 5.91 Å². The normalized spacial score (nSPS) is 21.8. The Bertz CT molecular complexity index is 701. The predicted octanol–water partition coefficient (Wildman–Crippen LogP) is 1.62. The van der Waals surface area contributed by atoms with Crippen LogP contribution in [0.2, 0.25) is 0 Å². The van der Waals surface area contributed by atoms with Gasteiger partial charge < -0.3 is 14.9 Å². The topological polar surface area (TPSA) is 56.7 Å². The average Bonchev–Trinajstić information content (AvgIpc) is 2.60. The summed E-state index contributed by atoms with van der Waals surface area (Å²) in [6.07, 6.45) is 2.59. The maximum Gasteiger partial charge on any atom is 0.253 e. The summed E-state index contributed by atoms with van der Waals surface area (Å²) in [7, 11) is 4.01. The lowest BCUT2D eigenvalue weighted by molar-refractivity contribution is 0.0379. The molecule has 2 aromatic rings. The van der Waals surface area contributed by atoms with Crippen LogP contribution in [0.5, 0.6) is 0 Å². The van der Waals surface area contributed by atoms with Gasteiger partial charge in [0.05, 0.1) is 5.52 Å². The van der Waals surface area contributed by atoms with Crippen molar-refractivity contribution in [3.63, 3.8) is 0 Å². The summed E-state index contributed by atoms with van der Waals surface area (Å²) in [6, 6.07) is 9.70. The van der Waals surface area contributed by atoms with Crippen LogP contribution in [0.15, 0.2) is 36.5 Å². The fourth-order valence-corrected chi connectivity index (χ4v) is 3.35. The van der Waals surface area contributed by atoms with Crippen LogP contribution in [-0.2, 0) is 0 Å². The summed E-state index contributed by atoms with van der Waals surface area (Å²) >= 11 is 0. The monoisotopic (exact) mass is 313 g/mol. The number of hydrogen-bond acceptors (Lipinski definition) is 4. The third-order valence-corrected chi connectivity index (χ3v) is 4.76. The number of piperidine rings is 1. The number of benzene rings is 1. The van der Waals surface area contributed by atoms with Crippen LogP contribution in [-0.4, -0.2) is 65.6 Å². The minimum Gasteiger partial charge on any atom is -0.396 e. The van der Waals surface area contributed by atoms with Gasteiger partial charge in [-0.05, 0) is 44.8 Å². The first-order valence-electron chi connectivity index (χ1n) is 8.01. The van der Waals surface area contributed by atoms with Gasteiger partial charge in [0.15, 0.2) is 0 Å². The standard InChI is InChI=1S/C18H23N3O2/c1-20(2)17-11-21(9-7-15(17)12-22)18(23)14-5-6-16-13(10-14)4-3-8-19-16/h3-6,8,10,15,17,22H,7,9,11-12H2,1-2H3/t15-,17-/m0/s1. The van der Waals surface area contributed by atoms with Crippen LogP contribution in [0.25, 0.3) is 10.9 Å². The molecule has 23 heavy (non-hydrogen) atoms. The Balaban J connectivity index is 1.81. The van der Waals surface area contributed by atoms with E-state index in [4.69, 9.17) is 0 Å². The van der Waals surface area contributed by atoms with E-state index in [1.54, 1.807) is 6.20 Å².